The molecule has 3 rings (SSSR count). The van der Waals surface area contributed by atoms with Gasteiger partial charge in [0.05, 0.1) is 12.7 Å². The van der Waals surface area contributed by atoms with Crippen molar-refractivity contribution in [3.8, 4) is 0 Å². The van der Waals surface area contributed by atoms with Gasteiger partial charge in [0.25, 0.3) is 0 Å². The highest BCUT2D eigenvalue weighted by molar-refractivity contribution is 6.36. The van der Waals surface area contributed by atoms with Gasteiger partial charge >= 0.3 is 5.97 Å². The Morgan fingerprint density at radius 2 is 2.08 bits per heavy atom. The Bertz CT molecular complexity index is 756. The number of rotatable bonds is 5. The number of hydrogen-bond acceptors (Lipinski definition) is 5. The molecule has 0 radical (unpaired) electrons. The van der Waals surface area contributed by atoms with Crippen LogP contribution in [0.4, 0.5) is 0 Å². The lowest BCUT2D eigenvalue weighted by Gasteiger charge is -2.24. The van der Waals surface area contributed by atoms with Gasteiger partial charge in [-0.25, -0.2) is 4.79 Å². The van der Waals surface area contributed by atoms with Gasteiger partial charge in [-0.1, -0.05) is 41.6 Å². The summed E-state index contributed by atoms with van der Waals surface area (Å²) >= 11 is 0. The molecule has 1 heterocycles. The topological polar surface area (TPSA) is 57.1 Å². The summed E-state index contributed by atoms with van der Waals surface area (Å²) in [7, 11) is 0. The number of fused-ring (bicyclic) bond motifs is 1. The number of esters is 1. The van der Waals surface area contributed by atoms with Crippen molar-refractivity contribution in [2.75, 3.05) is 6.61 Å². The predicted molar refractivity (Wildman–Crippen MR) is 91.6 cm³/mol. The molecule has 1 aliphatic rings. The molecule has 0 fully saturated rings. The first-order chi connectivity index (χ1) is 11.7. The third-order valence-electron chi connectivity index (χ3n) is 4.01. The van der Waals surface area contributed by atoms with E-state index in [2.05, 4.69) is 35.5 Å². The summed E-state index contributed by atoms with van der Waals surface area (Å²) in [4.78, 5) is 16.9. The molecule has 24 heavy (non-hydrogen) atoms. The fraction of sp³-hybridized carbons (Fsp3) is 0.368. The van der Waals surface area contributed by atoms with Crippen molar-refractivity contribution in [1.82, 2.24) is 0 Å². The van der Waals surface area contributed by atoms with E-state index in [1.54, 1.807) is 6.92 Å². The van der Waals surface area contributed by atoms with Gasteiger partial charge in [0.2, 0.25) is 6.29 Å². The number of carbonyl (C=O) groups is 1. The maximum absolute atomic E-state index is 11.6. The number of oxime groups is 1. The van der Waals surface area contributed by atoms with Gasteiger partial charge in [-0.2, -0.15) is 0 Å². The van der Waals surface area contributed by atoms with Crippen LogP contribution in [0.3, 0.4) is 0 Å². The lowest BCUT2D eigenvalue weighted by Crippen LogP contribution is -2.28. The van der Waals surface area contributed by atoms with E-state index in [1.807, 2.05) is 19.1 Å². The Hall–Kier alpha value is -2.40. The van der Waals surface area contributed by atoms with E-state index in [-0.39, 0.29) is 6.10 Å². The summed E-state index contributed by atoms with van der Waals surface area (Å²) in [5.74, 6) is -0.418. The SMILES string of the molecule is CCOC(=O)C1=NO[C@H](O[C@@H](C)c2ccc3ccccc3c2)CC1. The largest absolute Gasteiger partial charge is 0.461 e. The number of ether oxygens (including phenoxy) is 2. The first-order valence-corrected chi connectivity index (χ1v) is 8.21. The van der Waals surface area contributed by atoms with Crippen molar-refractivity contribution in [3.05, 3.63) is 48.0 Å². The molecule has 2 aromatic carbocycles. The summed E-state index contributed by atoms with van der Waals surface area (Å²) in [5, 5.41) is 6.22. The normalized spacial score (nSPS) is 18.6. The highest BCUT2D eigenvalue weighted by Gasteiger charge is 2.25. The Morgan fingerprint density at radius 3 is 2.79 bits per heavy atom. The van der Waals surface area contributed by atoms with Crippen LogP contribution in [0.15, 0.2) is 47.6 Å². The molecule has 5 heteroatoms. The van der Waals surface area contributed by atoms with Crippen molar-refractivity contribution in [2.24, 2.45) is 5.16 Å². The standard InChI is InChI=1S/C19H21NO4/c1-3-22-19(21)17-10-11-18(24-20-17)23-13(2)15-9-8-14-6-4-5-7-16(14)12-15/h4-9,12-13,18H,3,10-11H2,1-2H3/t13-,18-/m0/s1. The molecule has 2 aromatic rings. The van der Waals surface area contributed by atoms with Gasteiger partial charge in [0.1, 0.15) is 0 Å². The van der Waals surface area contributed by atoms with Gasteiger partial charge in [-0.05, 0) is 36.2 Å². The highest BCUT2D eigenvalue weighted by Crippen LogP contribution is 2.26. The summed E-state index contributed by atoms with van der Waals surface area (Å²) in [6.45, 7) is 4.08. The monoisotopic (exact) mass is 327 g/mol. The molecule has 0 bridgehead atoms. The van der Waals surface area contributed by atoms with Crippen LogP contribution in [0.2, 0.25) is 0 Å². The average molecular weight is 327 g/mol. The van der Waals surface area contributed by atoms with Gasteiger partial charge in [0, 0.05) is 12.8 Å². The molecule has 0 unspecified atom stereocenters. The van der Waals surface area contributed by atoms with Crippen LogP contribution in [0.1, 0.15) is 38.4 Å². The maximum atomic E-state index is 11.6. The van der Waals surface area contributed by atoms with Crippen LogP contribution in [0.25, 0.3) is 10.8 Å². The zero-order valence-corrected chi connectivity index (χ0v) is 13.9. The molecule has 0 spiro atoms. The van der Waals surface area contributed by atoms with Crippen LogP contribution in [0, 0.1) is 0 Å². The van der Waals surface area contributed by atoms with Gasteiger partial charge in [0.15, 0.2) is 5.71 Å². The van der Waals surface area contributed by atoms with Crippen molar-refractivity contribution in [1.29, 1.82) is 0 Å². The van der Waals surface area contributed by atoms with Crippen molar-refractivity contribution in [2.45, 2.75) is 39.1 Å². The third kappa shape index (κ3) is 3.74. The maximum Gasteiger partial charge on any atom is 0.356 e. The summed E-state index contributed by atoms with van der Waals surface area (Å²) in [6, 6.07) is 14.5. The molecule has 0 aliphatic carbocycles. The Morgan fingerprint density at radius 1 is 1.29 bits per heavy atom. The van der Waals surface area contributed by atoms with Crippen LogP contribution >= 0.6 is 0 Å². The molecule has 1 aliphatic heterocycles. The van der Waals surface area contributed by atoms with E-state index in [1.165, 1.54) is 10.8 Å². The average Bonchev–Trinajstić information content (AvgIpc) is 2.62. The Kier molecular flexibility index (Phi) is 5.11. The minimum absolute atomic E-state index is 0.126. The van der Waals surface area contributed by atoms with E-state index in [9.17, 15) is 4.79 Å². The number of benzene rings is 2. The first-order valence-electron chi connectivity index (χ1n) is 8.21. The van der Waals surface area contributed by atoms with Crippen molar-refractivity contribution >= 4 is 22.5 Å². The highest BCUT2D eigenvalue weighted by atomic mass is 16.8. The molecule has 126 valence electrons. The van der Waals surface area contributed by atoms with E-state index in [0.717, 1.165) is 5.56 Å². The van der Waals surface area contributed by atoms with Gasteiger partial charge < -0.3 is 14.3 Å². The van der Waals surface area contributed by atoms with E-state index in [0.29, 0.717) is 25.2 Å². The van der Waals surface area contributed by atoms with E-state index in [4.69, 9.17) is 14.3 Å². The number of hydrogen-bond donors (Lipinski definition) is 0. The first kappa shape index (κ1) is 16.5. The molecular weight excluding hydrogens is 306 g/mol. The van der Waals surface area contributed by atoms with Crippen LogP contribution in [-0.4, -0.2) is 24.6 Å². The molecule has 2 atom stereocenters. The minimum atomic E-state index is -0.454. The predicted octanol–water partition coefficient (Wildman–Crippen LogP) is 3.97. The molecule has 0 N–H and O–H groups in total. The molecule has 0 aromatic heterocycles. The zero-order valence-electron chi connectivity index (χ0n) is 13.9. The Labute approximate surface area is 141 Å². The molecule has 0 saturated heterocycles. The van der Waals surface area contributed by atoms with Crippen LogP contribution in [-0.2, 0) is 19.1 Å². The lowest BCUT2D eigenvalue weighted by atomic mass is 10.0. The third-order valence-corrected chi connectivity index (χ3v) is 4.01. The lowest BCUT2D eigenvalue weighted by molar-refractivity contribution is -0.177. The fourth-order valence-electron chi connectivity index (χ4n) is 2.69. The van der Waals surface area contributed by atoms with Crippen molar-refractivity contribution < 1.29 is 19.1 Å². The minimum Gasteiger partial charge on any atom is -0.461 e. The summed E-state index contributed by atoms with van der Waals surface area (Å²) in [6.07, 6.45) is 0.493. The Balaban J connectivity index is 1.62. The number of carbonyl (C=O) groups excluding carboxylic acids is 1. The zero-order chi connectivity index (χ0) is 16.9. The second-order valence-electron chi connectivity index (χ2n) is 5.72. The van der Waals surface area contributed by atoms with E-state index < -0.39 is 12.3 Å². The molecular formula is C19H21NO4. The molecule has 5 nitrogen and oxygen atoms in total. The quantitative estimate of drug-likeness (QED) is 0.780. The second kappa shape index (κ2) is 7.45. The smallest absolute Gasteiger partial charge is 0.356 e. The molecule has 0 saturated carbocycles. The number of nitrogens with zero attached hydrogens (tertiary/aromatic N) is 1. The molecule has 0 amide bonds. The summed E-state index contributed by atoms with van der Waals surface area (Å²) < 4.78 is 10.9. The second-order valence-corrected chi connectivity index (χ2v) is 5.72. The van der Waals surface area contributed by atoms with Crippen LogP contribution in [0.5, 0.6) is 0 Å². The van der Waals surface area contributed by atoms with Gasteiger partial charge in [-0.3, -0.25) is 0 Å². The van der Waals surface area contributed by atoms with Crippen molar-refractivity contribution in [3.63, 3.8) is 0 Å². The van der Waals surface area contributed by atoms with E-state index >= 15 is 0 Å². The fourth-order valence-corrected chi connectivity index (χ4v) is 2.69. The van der Waals surface area contributed by atoms with Crippen LogP contribution < -0.4 is 0 Å². The van der Waals surface area contributed by atoms with Gasteiger partial charge in [-0.15, -0.1) is 0 Å². The summed E-state index contributed by atoms with van der Waals surface area (Å²) in [5.41, 5.74) is 1.40.